The van der Waals surface area contributed by atoms with Crippen molar-refractivity contribution in [3.8, 4) is 5.75 Å². The van der Waals surface area contributed by atoms with Gasteiger partial charge in [-0.3, -0.25) is 10.1 Å². The maximum Gasteiger partial charge on any atom is 0.313 e. The van der Waals surface area contributed by atoms with Gasteiger partial charge in [-0.2, -0.15) is 0 Å². The lowest BCUT2D eigenvalue weighted by atomic mass is 10.1. The molecule has 1 atom stereocenters. The van der Waals surface area contributed by atoms with Crippen LogP contribution in [-0.2, 0) is 0 Å². The predicted molar refractivity (Wildman–Crippen MR) is 73.7 cm³/mol. The molecular formula is C13H18FN3O3. The van der Waals surface area contributed by atoms with Crippen LogP contribution >= 0.6 is 0 Å². The van der Waals surface area contributed by atoms with E-state index in [9.17, 15) is 14.5 Å². The highest BCUT2D eigenvalue weighted by Gasteiger charge is 2.20. The zero-order valence-electron chi connectivity index (χ0n) is 11.3. The van der Waals surface area contributed by atoms with Crippen LogP contribution < -0.4 is 15.4 Å². The summed E-state index contributed by atoms with van der Waals surface area (Å²) in [6.45, 7) is 1.55. The average Bonchev–Trinajstić information content (AvgIpc) is 2.46. The van der Waals surface area contributed by atoms with Gasteiger partial charge in [-0.05, 0) is 19.4 Å². The second-order valence-corrected chi connectivity index (χ2v) is 4.79. The minimum Gasteiger partial charge on any atom is -0.490 e. The number of piperidine rings is 1. The van der Waals surface area contributed by atoms with E-state index in [1.807, 2.05) is 0 Å². The fourth-order valence-corrected chi connectivity index (χ4v) is 2.32. The largest absolute Gasteiger partial charge is 0.490 e. The number of anilines is 1. The lowest BCUT2D eigenvalue weighted by molar-refractivity contribution is -0.385. The van der Waals surface area contributed by atoms with Crippen LogP contribution in [0.5, 0.6) is 5.75 Å². The molecule has 1 aromatic rings. The maximum absolute atomic E-state index is 13.8. The van der Waals surface area contributed by atoms with Gasteiger partial charge in [0.05, 0.1) is 23.8 Å². The minimum absolute atomic E-state index is 0.0514. The molecule has 0 aliphatic carbocycles. The highest BCUT2D eigenvalue weighted by Crippen LogP contribution is 2.32. The molecule has 1 unspecified atom stereocenters. The summed E-state index contributed by atoms with van der Waals surface area (Å²) in [5, 5.41) is 17.1. The topological polar surface area (TPSA) is 76.4 Å². The van der Waals surface area contributed by atoms with E-state index < -0.39 is 10.7 Å². The van der Waals surface area contributed by atoms with Crippen molar-refractivity contribution in [2.45, 2.75) is 25.3 Å². The number of nitro groups is 1. The van der Waals surface area contributed by atoms with Crippen molar-refractivity contribution in [2.24, 2.45) is 0 Å². The smallest absolute Gasteiger partial charge is 0.313 e. The van der Waals surface area contributed by atoms with Gasteiger partial charge in [-0.1, -0.05) is 6.42 Å². The number of nitro benzene ring substituents is 1. The number of methoxy groups -OCH3 is 1. The van der Waals surface area contributed by atoms with Crippen molar-refractivity contribution in [2.75, 3.05) is 25.5 Å². The normalized spacial score (nSPS) is 18.6. The Morgan fingerprint density at radius 1 is 1.55 bits per heavy atom. The third-order valence-corrected chi connectivity index (χ3v) is 3.42. The Labute approximate surface area is 116 Å². The monoisotopic (exact) mass is 283 g/mol. The molecule has 1 aliphatic rings. The molecule has 1 heterocycles. The Morgan fingerprint density at radius 3 is 2.95 bits per heavy atom. The molecule has 1 saturated heterocycles. The number of nitrogens with one attached hydrogen (secondary N) is 2. The number of hydrogen-bond donors (Lipinski definition) is 2. The third kappa shape index (κ3) is 3.36. The van der Waals surface area contributed by atoms with E-state index in [-0.39, 0.29) is 17.1 Å². The van der Waals surface area contributed by atoms with Crippen LogP contribution in [0.15, 0.2) is 12.1 Å². The number of rotatable bonds is 5. The Morgan fingerprint density at radius 2 is 2.35 bits per heavy atom. The molecule has 20 heavy (non-hydrogen) atoms. The van der Waals surface area contributed by atoms with Gasteiger partial charge in [0.15, 0.2) is 11.6 Å². The van der Waals surface area contributed by atoms with E-state index in [1.165, 1.54) is 13.2 Å². The van der Waals surface area contributed by atoms with Crippen LogP contribution in [0, 0.1) is 15.9 Å². The van der Waals surface area contributed by atoms with Crippen molar-refractivity contribution >= 4 is 11.4 Å². The van der Waals surface area contributed by atoms with E-state index in [0.29, 0.717) is 12.6 Å². The van der Waals surface area contributed by atoms with Crippen molar-refractivity contribution in [3.05, 3.63) is 28.1 Å². The molecule has 1 aromatic carbocycles. The summed E-state index contributed by atoms with van der Waals surface area (Å²) < 4.78 is 18.8. The molecule has 7 heteroatoms. The van der Waals surface area contributed by atoms with Crippen molar-refractivity contribution in [1.82, 2.24) is 5.32 Å². The highest BCUT2D eigenvalue weighted by molar-refractivity contribution is 5.59. The van der Waals surface area contributed by atoms with Gasteiger partial charge < -0.3 is 15.4 Å². The third-order valence-electron chi connectivity index (χ3n) is 3.42. The first kappa shape index (κ1) is 14.5. The molecule has 1 aliphatic heterocycles. The lowest BCUT2D eigenvalue weighted by Crippen LogP contribution is -2.39. The van der Waals surface area contributed by atoms with Crippen molar-refractivity contribution < 1.29 is 14.1 Å². The number of nitrogens with zero attached hydrogens (tertiary/aromatic N) is 1. The summed E-state index contributed by atoms with van der Waals surface area (Å²) in [5.74, 6) is -0.594. The van der Waals surface area contributed by atoms with E-state index >= 15 is 0 Å². The van der Waals surface area contributed by atoms with Crippen molar-refractivity contribution in [1.29, 1.82) is 0 Å². The maximum atomic E-state index is 13.8. The molecule has 0 aromatic heterocycles. The van der Waals surface area contributed by atoms with Crippen LogP contribution in [0.3, 0.4) is 0 Å². The molecular weight excluding hydrogens is 265 g/mol. The fourth-order valence-electron chi connectivity index (χ4n) is 2.32. The van der Waals surface area contributed by atoms with Crippen molar-refractivity contribution in [3.63, 3.8) is 0 Å². The van der Waals surface area contributed by atoms with Gasteiger partial charge in [-0.25, -0.2) is 4.39 Å². The van der Waals surface area contributed by atoms with Gasteiger partial charge in [0, 0.05) is 18.7 Å². The van der Waals surface area contributed by atoms with Crippen LogP contribution in [0.25, 0.3) is 0 Å². The standard InChI is InChI=1S/C13H18FN3O3/c1-20-13-7-11(10(14)6-12(13)17(18)19)16-8-9-4-2-3-5-15-9/h6-7,9,15-16H,2-5,8H2,1H3. The molecule has 1 fully saturated rings. The molecule has 0 saturated carbocycles. The Bertz CT molecular complexity index is 490. The lowest BCUT2D eigenvalue weighted by Gasteiger charge is -2.24. The molecule has 0 radical (unpaired) electrons. The van der Waals surface area contributed by atoms with E-state index in [1.54, 1.807) is 0 Å². The first-order valence-electron chi connectivity index (χ1n) is 6.61. The van der Waals surface area contributed by atoms with Crippen LogP contribution in [0.4, 0.5) is 15.8 Å². The summed E-state index contributed by atoms with van der Waals surface area (Å²) in [7, 11) is 1.33. The van der Waals surface area contributed by atoms with Gasteiger partial charge >= 0.3 is 5.69 Å². The molecule has 0 amide bonds. The molecule has 0 spiro atoms. The zero-order valence-corrected chi connectivity index (χ0v) is 11.3. The number of ether oxygens (including phenoxy) is 1. The zero-order chi connectivity index (χ0) is 14.5. The van der Waals surface area contributed by atoms with Gasteiger partial charge in [0.2, 0.25) is 0 Å². The van der Waals surface area contributed by atoms with Gasteiger partial charge in [-0.15, -0.1) is 0 Å². The second-order valence-electron chi connectivity index (χ2n) is 4.79. The van der Waals surface area contributed by atoms with E-state index in [0.717, 1.165) is 31.9 Å². The first-order valence-corrected chi connectivity index (χ1v) is 6.61. The SMILES string of the molecule is COc1cc(NCC2CCCCN2)c(F)cc1[N+](=O)[O-]. The Hall–Kier alpha value is -1.89. The molecule has 0 bridgehead atoms. The predicted octanol–water partition coefficient (Wildman–Crippen LogP) is 2.30. The van der Waals surface area contributed by atoms with Crippen LogP contribution in [0.1, 0.15) is 19.3 Å². The highest BCUT2D eigenvalue weighted by atomic mass is 19.1. The minimum atomic E-state index is -0.658. The summed E-state index contributed by atoms with van der Waals surface area (Å²) in [5.41, 5.74) is -0.147. The molecule has 6 nitrogen and oxygen atoms in total. The van der Waals surface area contributed by atoms with Gasteiger partial charge in [0.25, 0.3) is 0 Å². The van der Waals surface area contributed by atoms with Crippen LogP contribution in [0.2, 0.25) is 0 Å². The van der Waals surface area contributed by atoms with Gasteiger partial charge in [0.1, 0.15) is 0 Å². The summed E-state index contributed by atoms with van der Waals surface area (Å²) in [6, 6.07) is 2.51. The first-order chi connectivity index (χ1) is 9.61. The Balaban J connectivity index is 2.09. The molecule has 2 N–H and O–H groups in total. The number of halogens is 1. The summed E-state index contributed by atoms with van der Waals surface area (Å²) in [4.78, 5) is 10.1. The second kappa shape index (κ2) is 6.51. The quantitative estimate of drug-likeness (QED) is 0.640. The summed E-state index contributed by atoms with van der Waals surface area (Å²) in [6.07, 6.45) is 3.36. The van der Waals surface area contributed by atoms with E-state index in [4.69, 9.17) is 4.74 Å². The number of benzene rings is 1. The van der Waals surface area contributed by atoms with Crippen LogP contribution in [-0.4, -0.2) is 31.2 Å². The van der Waals surface area contributed by atoms with E-state index in [2.05, 4.69) is 10.6 Å². The molecule has 110 valence electrons. The average molecular weight is 283 g/mol. The fraction of sp³-hybridized carbons (Fsp3) is 0.538. The Kier molecular flexibility index (Phi) is 4.73. The molecule has 2 rings (SSSR count). The summed E-state index contributed by atoms with van der Waals surface area (Å²) >= 11 is 0. The number of hydrogen-bond acceptors (Lipinski definition) is 5.